The Morgan fingerprint density at radius 3 is 2.67 bits per heavy atom. The predicted molar refractivity (Wildman–Crippen MR) is 124 cm³/mol. The van der Waals surface area contributed by atoms with Gasteiger partial charge in [0.05, 0.1) is 29.7 Å². The van der Waals surface area contributed by atoms with Gasteiger partial charge in [-0.25, -0.2) is 18.4 Å². The Kier molecular flexibility index (Phi) is 5.57. The lowest BCUT2D eigenvalue weighted by atomic mass is 9.98. The van der Waals surface area contributed by atoms with Crippen molar-refractivity contribution in [2.45, 2.75) is 51.8 Å². The molecule has 10 heteroatoms. The van der Waals surface area contributed by atoms with Crippen molar-refractivity contribution in [3.63, 3.8) is 0 Å². The highest BCUT2D eigenvalue weighted by Crippen LogP contribution is 2.41. The second-order valence-corrected chi connectivity index (χ2v) is 15.2. The first kappa shape index (κ1) is 21.8. The van der Waals surface area contributed by atoms with Crippen LogP contribution >= 0.6 is 0 Å². The summed E-state index contributed by atoms with van der Waals surface area (Å²) in [5, 5.41) is 9.72. The average molecular weight is 469 g/mol. The van der Waals surface area contributed by atoms with Crippen LogP contribution in [0.25, 0.3) is 33.5 Å². The molecule has 4 aromatic rings. The summed E-state index contributed by atoms with van der Waals surface area (Å²) < 4.78 is 38.2. The van der Waals surface area contributed by atoms with Gasteiger partial charge in [-0.3, -0.25) is 9.67 Å². The molecule has 0 saturated heterocycles. The minimum atomic E-state index is -1.20. The Morgan fingerprint density at radius 1 is 1.06 bits per heavy atom. The van der Waals surface area contributed by atoms with Gasteiger partial charge >= 0.3 is 0 Å². The standard InChI is InChI=1S/C23H26F2N6OSi/c1-33(2,3)10-9-32-14-31-23-16(12-28-31)20(17(25)13-27-23)21-19-5-4-8-30(19)29-22(21)18-7-6-15(24)11-26-18/h6-7,11-13H,4-5,8-10,14H2,1-3H3. The molecule has 7 nitrogen and oxygen atoms in total. The van der Waals surface area contributed by atoms with Crippen molar-refractivity contribution >= 4 is 19.1 Å². The van der Waals surface area contributed by atoms with Gasteiger partial charge in [-0.05, 0) is 31.0 Å². The van der Waals surface area contributed by atoms with Gasteiger partial charge < -0.3 is 4.74 Å². The highest BCUT2D eigenvalue weighted by atomic mass is 28.3. The zero-order valence-corrected chi connectivity index (χ0v) is 20.0. The fourth-order valence-corrected chi connectivity index (χ4v) is 4.93. The van der Waals surface area contributed by atoms with Gasteiger partial charge in [0.15, 0.2) is 5.65 Å². The number of fused-ring (bicyclic) bond motifs is 2. The highest BCUT2D eigenvalue weighted by Gasteiger charge is 2.28. The van der Waals surface area contributed by atoms with E-state index in [1.165, 1.54) is 12.3 Å². The smallest absolute Gasteiger partial charge is 0.160 e. The molecular weight excluding hydrogens is 442 g/mol. The van der Waals surface area contributed by atoms with E-state index in [9.17, 15) is 4.39 Å². The van der Waals surface area contributed by atoms with Gasteiger partial charge in [0.1, 0.15) is 24.1 Å². The van der Waals surface area contributed by atoms with Crippen molar-refractivity contribution < 1.29 is 13.5 Å². The maximum Gasteiger partial charge on any atom is 0.160 e. The molecule has 33 heavy (non-hydrogen) atoms. The van der Waals surface area contributed by atoms with E-state index in [-0.39, 0.29) is 6.73 Å². The van der Waals surface area contributed by atoms with E-state index in [2.05, 4.69) is 34.7 Å². The summed E-state index contributed by atoms with van der Waals surface area (Å²) in [4.78, 5) is 8.51. The molecule has 0 aliphatic carbocycles. The van der Waals surface area contributed by atoms with Crippen LogP contribution in [0.1, 0.15) is 12.1 Å². The van der Waals surface area contributed by atoms with Crippen LogP contribution in [0.4, 0.5) is 8.78 Å². The van der Waals surface area contributed by atoms with Crippen molar-refractivity contribution in [2.24, 2.45) is 0 Å². The molecule has 5 heterocycles. The molecule has 0 atom stereocenters. The van der Waals surface area contributed by atoms with Crippen molar-refractivity contribution in [3.8, 4) is 22.5 Å². The molecule has 0 fully saturated rings. The summed E-state index contributed by atoms with van der Waals surface area (Å²) in [6.45, 7) is 8.56. The van der Waals surface area contributed by atoms with E-state index in [0.717, 1.165) is 37.3 Å². The lowest BCUT2D eigenvalue weighted by Crippen LogP contribution is -2.22. The maximum absolute atomic E-state index is 15.3. The number of ether oxygens (including phenoxy) is 1. The van der Waals surface area contributed by atoms with Gasteiger partial charge in [0.25, 0.3) is 0 Å². The summed E-state index contributed by atoms with van der Waals surface area (Å²) in [6, 6.07) is 3.96. The summed E-state index contributed by atoms with van der Waals surface area (Å²) in [7, 11) is -1.20. The molecule has 0 aromatic carbocycles. The lowest BCUT2D eigenvalue weighted by Gasteiger charge is -2.15. The Hall–Kier alpha value is -2.98. The van der Waals surface area contributed by atoms with E-state index in [1.807, 2.05) is 4.68 Å². The van der Waals surface area contributed by atoms with Gasteiger partial charge in [-0.15, -0.1) is 0 Å². The van der Waals surface area contributed by atoms with Gasteiger partial charge in [0, 0.05) is 38.0 Å². The van der Waals surface area contributed by atoms with Crippen molar-refractivity contribution in [3.05, 3.63) is 48.1 Å². The predicted octanol–water partition coefficient (Wildman–Crippen LogP) is 4.89. The second-order valence-electron chi connectivity index (χ2n) is 9.57. The summed E-state index contributed by atoms with van der Waals surface area (Å²) in [5.41, 5.74) is 3.61. The minimum Gasteiger partial charge on any atom is -0.359 e. The first-order valence-corrected chi connectivity index (χ1v) is 14.8. The molecule has 0 bridgehead atoms. The molecule has 0 unspecified atom stereocenters. The number of rotatable bonds is 7. The van der Waals surface area contributed by atoms with E-state index in [4.69, 9.17) is 9.84 Å². The zero-order valence-electron chi connectivity index (χ0n) is 19.0. The number of halogens is 2. The van der Waals surface area contributed by atoms with Crippen LogP contribution in [-0.4, -0.2) is 44.2 Å². The molecule has 172 valence electrons. The monoisotopic (exact) mass is 468 g/mol. The van der Waals surface area contributed by atoms with Crippen molar-refractivity contribution in [2.75, 3.05) is 6.61 Å². The van der Waals surface area contributed by atoms with Gasteiger partial charge in [-0.2, -0.15) is 10.2 Å². The molecule has 0 amide bonds. The number of nitrogens with zero attached hydrogens (tertiary/aromatic N) is 6. The minimum absolute atomic E-state index is 0.255. The number of hydrogen-bond donors (Lipinski definition) is 0. The van der Waals surface area contributed by atoms with Crippen LogP contribution in [-0.2, 0) is 24.4 Å². The molecule has 0 saturated carbocycles. The molecular formula is C23H26F2N6OSi. The summed E-state index contributed by atoms with van der Waals surface area (Å²) in [5.74, 6) is -0.882. The Morgan fingerprint density at radius 2 is 1.91 bits per heavy atom. The molecule has 0 N–H and O–H groups in total. The molecule has 4 aromatic heterocycles. The van der Waals surface area contributed by atoms with Gasteiger partial charge in [-0.1, -0.05) is 19.6 Å². The van der Waals surface area contributed by atoms with E-state index in [1.54, 1.807) is 16.9 Å². The van der Waals surface area contributed by atoms with Crippen LogP contribution in [0.15, 0.2) is 30.7 Å². The van der Waals surface area contributed by atoms with E-state index < -0.39 is 19.7 Å². The fraction of sp³-hybridized carbons (Fsp3) is 0.391. The van der Waals surface area contributed by atoms with Crippen LogP contribution in [0.2, 0.25) is 25.7 Å². The number of aromatic nitrogens is 6. The van der Waals surface area contributed by atoms with E-state index >= 15 is 4.39 Å². The number of pyridine rings is 2. The Labute approximate surface area is 191 Å². The maximum atomic E-state index is 15.3. The quantitative estimate of drug-likeness (QED) is 0.285. The zero-order chi connectivity index (χ0) is 23.2. The third-order valence-electron chi connectivity index (χ3n) is 5.89. The van der Waals surface area contributed by atoms with Crippen LogP contribution in [0.3, 0.4) is 0 Å². The van der Waals surface area contributed by atoms with Gasteiger partial charge in [0.2, 0.25) is 0 Å². The molecule has 1 aliphatic rings. The largest absolute Gasteiger partial charge is 0.359 e. The van der Waals surface area contributed by atoms with Crippen molar-refractivity contribution in [1.29, 1.82) is 0 Å². The summed E-state index contributed by atoms with van der Waals surface area (Å²) >= 11 is 0. The molecule has 0 spiro atoms. The van der Waals surface area contributed by atoms with E-state index in [0.29, 0.717) is 40.2 Å². The third-order valence-corrected chi connectivity index (χ3v) is 7.60. The van der Waals surface area contributed by atoms with Crippen LogP contribution in [0, 0.1) is 11.6 Å². The number of hydrogen-bond acceptors (Lipinski definition) is 5. The molecule has 0 radical (unpaired) electrons. The summed E-state index contributed by atoms with van der Waals surface area (Å²) in [6.07, 6.45) is 5.72. The third kappa shape index (κ3) is 4.20. The van der Waals surface area contributed by atoms with Crippen LogP contribution < -0.4 is 0 Å². The van der Waals surface area contributed by atoms with Crippen LogP contribution in [0.5, 0.6) is 0 Å². The Bertz CT molecular complexity index is 1310. The van der Waals surface area contributed by atoms with Crippen molar-refractivity contribution in [1.82, 2.24) is 29.5 Å². The highest BCUT2D eigenvalue weighted by molar-refractivity contribution is 6.76. The fourth-order valence-electron chi connectivity index (χ4n) is 4.17. The average Bonchev–Trinajstić information content (AvgIpc) is 3.46. The topological polar surface area (TPSA) is 70.7 Å². The first-order valence-electron chi connectivity index (χ1n) is 11.1. The molecule has 5 rings (SSSR count). The Balaban J connectivity index is 1.57. The number of aryl methyl sites for hydroxylation is 1. The normalized spacial score (nSPS) is 13.7. The second kappa shape index (κ2) is 8.42. The SMILES string of the molecule is C[Si](C)(C)CCOCn1ncc2c(-c3c(-c4ccc(F)cn4)nn4c3CCC4)c(F)cnc21. The first-order chi connectivity index (χ1) is 15.8. The molecule has 1 aliphatic heterocycles. The lowest BCUT2D eigenvalue weighted by molar-refractivity contribution is 0.0813.